The quantitative estimate of drug-likeness (QED) is 0.565. The number of halogens is 1. The van der Waals surface area contributed by atoms with Gasteiger partial charge in [-0.2, -0.15) is 0 Å². The molecule has 1 fully saturated rings. The number of rotatable bonds is 8. The summed E-state index contributed by atoms with van der Waals surface area (Å²) in [7, 11) is 1.99. The molecule has 1 N–H and O–H groups in total. The fraction of sp³-hybridized carbons (Fsp3) is 0.520. The highest BCUT2D eigenvalue weighted by atomic mass is 35.5. The van der Waals surface area contributed by atoms with Crippen LogP contribution in [-0.4, -0.2) is 45.4 Å². The lowest BCUT2D eigenvalue weighted by molar-refractivity contribution is -0.133. The molecule has 0 aliphatic heterocycles. The van der Waals surface area contributed by atoms with Crippen LogP contribution in [-0.2, 0) is 18.4 Å². The van der Waals surface area contributed by atoms with Crippen LogP contribution in [0.1, 0.15) is 51.6 Å². The van der Waals surface area contributed by atoms with Crippen LogP contribution in [0.25, 0.3) is 0 Å². The van der Waals surface area contributed by atoms with Gasteiger partial charge in [0.2, 0.25) is 5.91 Å². The highest BCUT2D eigenvalue weighted by Gasteiger charge is 2.29. The van der Waals surface area contributed by atoms with Gasteiger partial charge < -0.3 is 19.7 Å². The van der Waals surface area contributed by atoms with E-state index < -0.39 is 0 Å². The molecular weight excluding hydrogens is 424 g/mol. The number of hydrogen-bond donors (Lipinski definition) is 1. The first-order valence-electron chi connectivity index (χ1n) is 11.5. The molecule has 0 atom stereocenters. The summed E-state index contributed by atoms with van der Waals surface area (Å²) in [6, 6.07) is 10.9. The third-order valence-electron chi connectivity index (χ3n) is 6.02. The minimum atomic E-state index is -0.226. The molecule has 2 aromatic rings. The molecule has 7 heteroatoms. The lowest BCUT2D eigenvalue weighted by atomic mass is 9.94. The molecule has 32 heavy (non-hydrogen) atoms. The third-order valence-corrected chi connectivity index (χ3v) is 6.27. The standard InChI is InChI=1S/C25H35ClN4O2/c1-19(2)16-29(17-23-10-7-15-28(23)3)24(31)18-30(22-8-5-4-6-9-22)25(32)27-21-13-11-20(26)12-14-21/h7,10-15,19,22H,4-6,8-9,16-18H2,1-3H3,(H,27,32). The zero-order chi connectivity index (χ0) is 23.1. The molecule has 174 valence electrons. The van der Waals surface area contributed by atoms with E-state index in [1.54, 1.807) is 29.2 Å². The van der Waals surface area contributed by atoms with Crippen molar-refractivity contribution in [3.05, 3.63) is 53.3 Å². The monoisotopic (exact) mass is 458 g/mol. The maximum absolute atomic E-state index is 13.4. The van der Waals surface area contributed by atoms with Crippen LogP contribution in [0.2, 0.25) is 5.02 Å². The number of carbonyl (C=O) groups is 2. The normalized spacial score (nSPS) is 14.4. The van der Waals surface area contributed by atoms with Crippen molar-refractivity contribution in [1.82, 2.24) is 14.4 Å². The van der Waals surface area contributed by atoms with Gasteiger partial charge in [0.15, 0.2) is 0 Å². The Hall–Kier alpha value is -2.47. The molecule has 1 saturated carbocycles. The van der Waals surface area contributed by atoms with Crippen molar-refractivity contribution in [3.63, 3.8) is 0 Å². The SMILES string of the molecule is CC(C)CN(Cc1cccn1C)C(=O)CN(C(=O)Nc1ccc(Cl)cc1)C1CCCCC1. The van der Waals surface area contributed by atoms with Gasteiger partial charge in [-0.15, -0.1) is 0 Å². The summed E-state index contributed by atoms with van der Waals surface area (Å²) in [6.07, 6.45) is 7.21. The number of nitrogens with one attached hydrogen (secondary N) is 1. The topological polar surface area (TPSA) is 57.6 Å². The van der Waals surface area contributed by atoms with E-state index in [1.165, 1.54) is 6.42 Å². The summed E-state index contributed by atoms with van der Waals surface area (Å²) in [6.45, 7) is 5.50. The molecular formula is C25H35ClN4O2. The molecule has 3 amide bonds. The van der Waals surface area contributed by atoms with Crippen molar-refractivity contribution >= 4 is 29.2 Å². The fourth-order valence-corrected chi connectivity index (χ4v) is 4.41. The van der Waals surface area contributed by atoms with Crippen LogP contribution >= 0.6 is 11.6 Å². The Kier molecular flexibility index (Phi) is 8.62. The molecule has 1 aliphatic rings. The molecule has 0 unspecified atom stereocenters. The summed E-state index contributed by atoms with van der Waals surface area (Å²) < 4.78 is 2.03. The van der Waals surface area contributed by atoms with Crippen LogP contribution < -0.4 is 5.32 Å². The van der Waals surface area contributed by atoms with Crippen LogP contribution in [0.3, 0.4) is 0 Å². The fourth-order valence-electron chi connectivity index (χ4n) is 4.29. The van der Waals surface area contributed by atoms with Crippen LogP contribution in [0, 0.1) is 5.92 Å². The number of hydrogen-bond acceptors (Lipinski definition) is 2. The van der Waals surface area contributed by atoms with E-state index in [2.05, 4.69) is 19.2 Å². The van der Waals surface area contributed by atoms with Crippen LogP contribution in [0.5, 0.6) is 0 Å². The highest BCUT2D eigenvalue weighted by Crippen LogP contribution is 2.24. The summed E-state index contributed by atoms with van der Waals surface area (Å²) >= 11 is 5.97. The molecule has 6 nitrogen and oxygen atoms in total. The number of urea groups is 1. The first kappa shape index (κ1) is 24.2. The number of aryl methyl sites for hydroxylation is 1. The minimum absolute atomic E-state index is 0.0169. The molecule has 0 radical (unpaired) electrons. The molecule has 1 heterocycles. The smallest absolute Gasteiger partial charge is 0.322 e. The van der Waals surface area contributed by atoms with E-state index in [1.807, 2.05) is 34.8 Å². The first-order valence-corrected chi connectivity index (χ1v) is 11.9. The maximum atomic E-state index is 13.4. The summed E-state index contributed by atoms with van der Waals surface area (Å²) in [5.41, 5.74) is 1.75. The van der Waals surface area contributed by atoms with Crippen LogP contribution in [0.4, 0.5) is 10.5 Å². The lowest BCUT2D eigenvalue weighted by Crippen LogP contribution is -2.50. The van der Waals surface area contributed by atoms with Gasteiger partial charge in [0, 0.05) is 42.2 Å². The number of aromatic nitrogens is 1. The van der Waals surface area contributed by atoms with Gasteiger partial charge in [0.1, 0.15) is 6.54 Å². The number of carbonyl (C=O) groups excluding carboxylic acids is 2. The van der Waals surface area contributed by atoms with Crippen molar-refractivity contribution in [1.29, 1.82) is 0 Å². The Morgan fingerprint density at radius 2 is 1.81 bits per heavy atom. The minimum Gasteiger partial charge on any atom is -0.353 e. The Morgan fingerprint density at radius 3 is 2.41 bits per heavy atom. The molecule has 0 saturated heterocycles. The van der Waals surface area contributed by atoms with Gasteiger partial charge in [0.25, 0.3) is 0 Å². The Balaban J connectivity index is 1.76. The van der Waals surface area contributed by atoms with Crippen molar-refractivity contribution in [3.8, 4) is 0 Å². The van der Waals surface area contributed by atoms with E-state index in [4.69, 9.17) is 11.6 Å². The van der Waals surface area contributed by atoms with Crippen molar-refractivity contribution in [2.75, 3.05) is 18.4 Å². The Labute approximate surface area is 196 Å². The summed E-state index contributed by atoms with van der Waals surface area (Å²) in [4.78, 5) is 30.3. The second kappa shape index (κ2) is 11.4. The molecule has 0 spiro atoms. The average molecular weight is 459 g/mol. The van der Waals surface area contributed by atoms with Crippen molar-refractivity contribution < 1.29 is 9.59 Å². The number of benzene rings is 1. The predicted octanol–water partition coefficient (Wildman–Crippen LogP) is 5.53. The molecule has 1 aromatic heterocycles. The zero-order valence-corrected chi connectivity index (χ0v) is 20.1. The Bertz CT molecular complexity index is 888. The number of nitrogens with zero attached hydrogens (tertiary/aromatic N) is 3. The summed E-state index contributed by atoms with van der Waals surface area (Å²) in [5, 5.41) is 3.58. The Morgan fingerprint density at radius 1 is 1.12 bits per heavy atom. The molecule has 0 bridgehead atoms. The highest BCUT2D eigenvalue weighted by molar-refractivity contribution is 6.30. The lowest BCUT2D eigenvalue weighted by Gasteiger charge is -2.35. The van der Waals surface area contributed by atoms with Crippen molar-refractivity contribution in [2.24, 2.45) is 13.0 Å². The van der Waals surface area contributed by atoms with E-state index >= 15 is 0 Å². The van der Waals surface area contributed by atoms with Crippen LogP contribution in [0.15, 0.2) is 42.6 Å². The molecule has 1 aliphatic carbocycles. The van der Waals surface area contributed by atoms with Gasteiger partial charge in [-0.05, 0) is 55.2 Å². The van der Waals surface area contributed by atoms with E-state index in [-0.39, 0.29) is 24.5 Å². The zero-order valence-electron chi connectivity index (χ0n) is 19.4. The van der Waals surface area contributed by atoms with Gasteiger partial charge in [-0.3, -0.25) is 4.79 Å². The maximum Gasteiger partial charge on any atom is 0.322 e. The number of amides is 3. The largest absolute Gasteiger partial charge is 0.353 e. The third kappa shape index (κ3) is 6.76. The number of anilines is 1. The van der Waals surface area contributed by atoms with E-state index in [0.717, 1.165) is 31.4 Å². The van der Waals surface area contributed by atoms with Gasteiger partial charge >= 0.3 is 6.03 Å². The first-order chi connectivity index (χ1) is 15.3. The molecule has 1 aromatic carbocycles. The van der Waals surface area contributed by atoms with Gasteiger partial charge in [-0.1, -0.05) is 44.7 Å². The van der Waals surface area contributed by atoms with Gasteiger partial charge in [0.05, 0.1) is 6.54 Å². The van der Waals surface area contributed by atoms with E-state index in [9.17, 15) is 9.59 Å². The summed E-state index contributed by atoms with van der Waals surface area (Å²) in [5.74, 6) is 0.321. The second-order valence-electron chi connectivity index (χ2n) is 9.14. The van der Waals surface area contributed by atoms with Crippen molar-refractivity contribution in [2.45, 2.75) is 58.5 Å². The predicted molar refractivity (Wildman–Crippen MR) is 130 cm³/mol. The van der Waals surface area contributed by atoms with Gasteiger partial charge in [-0.25, -0.2) is 4.79 Å². The van der Waals surface area contributed by atoms with E-state index in [0.29, 0.717) is 29.7 Å². The average Bonchev–Trinajstić information content (AvgIpc) is 3.17. The molecule has 3 rings (SSSR count). The second-order valence-corrected chi connectivity index (χ2v) is 9.57.